The van der Waals surface area contributed by atoms with Crippen molar-refractivity contribution in [1.29, 1.82) is 5.26 Å². The molecule has 1 aliphatic heterocycles. The van der Waals surface area contributed by atoms with E-state index < -0.39 is 35.4 Å². The molecule has 2 aliphatic rings. The number of halogens is 3. The van der Waals surface area contributed by atoms with Crippen molar-refractivity contribution in [2.75, 3.05) is 13.3 Å². The maximum atomic E-state index is 14.7. The summed E-state index contributed by atoms with van der Waals surface area (Å²) >= 11 is 2.24. The molecule has 1 fully saturated rings. The van der Waals surface area contributed by atoms with Gasteiger partial charge in [-0.05, 0) is 30.5 Å². The van der Waals surface area contributed by atoms with Gasteiger partial charge in [0.1, 0.15) is 35.7 Å². The lowest BCUT2D eigenvalue weighted by atomic mass is 9.84. The number of rotatable bonds is 3. The number of aliphatic imine (C=N–C) groups is 1. The molecular weight excluding hydrogens is 405 g/mol. The van der Waals surface area contributed by atoms with Crippen molar-refractivity contribution in [3.05, 3.63) is 51.2 Å². The summed E-state index contributed by atoms with van der Waals surface area (Å²) in [5.74, 6) is 4.56. The minimum Gasteiger partial charge on any atom is -0.378 e. The first-order valence-electron chi connectivity index (χ1n) is 8.30. The number of aromatic nitrogens is 1. The number of thiazole rings is 1. The average Bonchev–Trinajstić information content (AvgIpc) is 3.26. The van der Waals surface area contributed by atoms with Gasteiger partial charge in [-0.15, -0.1) is 0 Å². The van der Waals surface area contributed by atoms with Crippen LogP contribution in [0.5, 0.6) is 0 Å². The highest BCUT2D eigenvalue weighted by Gasteiger charge is 2.68. The number of amidine groups is 1. The fourth-order valence-electron chi connectivity index (χ4n) is 3.57. The van der Waals surface area contributed by atoms with Gasteiger partial charge in [0.2, 0.25) is 0 Å². The average molecular weight is 418 g/mol. The Hall–Kier alpha value is -2.49. The fourth-order valence-corrected chi connectivity index (χ4v) is 5.40. The Labute approximate surface area is 167 Å². The van der Waals surface area contributed by atoms with Gasteiger partial charge in [-0.1, -0.05) is 29.0 Å². The molecule has 1 aliphatic carbocycles. The molecule has 0 bridgehead atoms. The Balaban J connectivity index is 1.75. The highest BCUT2D eigenvalue weighted by atomic mass is 32.2. The number of nitrogens with zero attached hydrogens (tertiary/aromatic N) is 3. The monoisotopic (exact) mass is 418 g/mol. The van der Waals surface area contributed by atoms with Crippen LogP contribution in [0.3, 0.4) is 0 Å². The molecule has 0 radical (unpaired) electrons. The molecule has 1 aromatic heterocycles. The van der Waals surface area contributed by atoms with Crippen molar-refractivity contribution in [3.8, 4) is 17.9 Å². The third-order valence-corrected chi connectivity index (χ3v) is 7.10. The van der Waals surface area contributed by atoms with Crippen molar-refractivity contribution in [1.82, 2.24) is 4.98 Å². The second kappa shape index (κ2) is 6.84. The maximum Gasteiger partial charge on any atom is 0.168 e. The highest BCUT2D eigenvalue weighted by molar-refractivity contribution is 8.15. The molecule has 1 saturated carbocycles. The lowest BCUT2D eigenvalue weighted by Crippen LogP contribution is -2.40. The van der Waals surface area contributed by atoms with Gasteiger partial charge >= 0.3 is 0 Å². The number of nitrogens with two attached hydrogens (primary N) is 1. The summed E-state index contributed by atoms with van der Waals surface area (Å²) in [6.07, 6.45) is 1.80. The lowest BCUT2D eigenvalue weighted by molar-refractivity contribution is 0.257. The molecule has 1 aromatic carbocycles. The van der Waals surface area contributed by atoms with Gasteiger partial charge in [0, 0.05) is 17.0 Å². The molecule has 0 saturated heterocycles. The molecule has 2 aromatic rings. The Morgan fingerprint density at radius 3 is 2.79 bits per heavy atom. The summed E-state index contributed by atoms with van der Waals surface area (Å²) in [6, 6.07) is 6.09. The lowest BCUT2D eigenvalue weighted by Gasteiger charge is -2.34. The van der Waals surface area contributed by atoms with E-state index in [2.05, 4.69) is 21.8 Å². The smallest absolute Gasteiger partial charge is 0.168 e. The number of nitriles is 1. The van der Waals surface area contributed by atoms with Gasteiger partial charge in [0.15, 0.2) is 10.2 Å². The molecular formula is C19H13F3N4S2. The van der Waals surface area contributed by atoms with Crippen LogP contribution in [-0.4, -0.2) is 28.2 Å². The Bertz CT molecular complexity index is 1080. The molecule has 142 valence electrons. The molecule has 4 rings (SSSR count). The highest BCUT2D eigenvalue weighted by Crippen LogP contribution is 2.66. The van der Waals surface area contributed by atoms with Gasteiger partial charge in [-0.3, -0.25) is 0 Å². The van der Waals surface area contributed by atoms with E-state index in [1.807, 2.05) is 6.07 Å². The van der Waals surface area contributed by atoms with Crippen molar-refractivity contribution in [3.63, 3.8) is 0 Å². The number of hydrogen-bond donors (Lipinski definition) is 1. The summed E-state index contributed by atoms with van der Waals surface area (Å²) in [5, 5.41) is 9.34. The van der Waals surface area contributed by atoms with E-state index in [1.165, 1.54) is 24.4 Å². The second-order valence-corrected chi connectivity index (χ2v) is 9.12. The molecule has 0 spiro atoms. The number of benzene rings is 1. The number of fused-ring (bicyclic) bond motifs is 1. The van der Waals surface area contributed by atoms with Crippen molar-refractivity contribution >= 4 is 28.3 Å². The van der Waals surface area contributed by atoms with Crippen molar-refractivity contribution in [2.24, 2.45) is 16.6 Å². The minimum atomic E-state index is -1.54. The molecule has 0 unspecified atom stereocenters. The van der Waals surface area contributed by atoms with Crippen LogP contribution in [0.1, 0.15) is 27.4 Å². The van der Waals surface area contributed by atoms with Gasteiger partial charge in [0.05, 0.1) is 10.9 Å². The zero-order valence-corrected chi connectivity index (χ0v) is 16.0. The molecule has 4 nitrogen and oxygen atoms in total. The summed E-state index contributed by atoms with van der Waals surface area (Å²) in [5.41, 5.74) is 4.76. The van der Waals surface area contributed by atoms with E-state index in [0.29, 0.717) is 21.9 Å². The Morgan fingerprint density at radius 1 is 1.29 bits per heavy atom. The van der Waals surface area contributed by atoms with Crippen molar-refractivity contribution < 1.29 is 13.2 Å². The summed E-state index contributed by atoms with van der Waals surface area (Å²) < 4.78 is 41.7. The zero-order valence-electron chi connectivity index (χ0n) is 14.4. The predicted octanol–water partition coefficient (Wildman–Crippen LogP) is 3.51. The molecule has 2 N–H and O–H groups in total. The first kappa shape index (κ1) is 18.9. The number of thioether (sulfide) groups is 1. The van der Waals surface area contributed by atoms with Crippen LogP contribution in [0, 0.1) is 34.9 Å². The van der Waals surface area contributed by atoms with E-state index >= 15 is 0 Å². The van der Waals surface area contributed by atoms with E-state index in [-0.39, 0.29) is 10.7 Å². The van der Waals surface area contributed by atoms with E-state index in [9.17, 15) is 13.2 Å². The number of alkyl halides is 2. The van der Waals surface area contributed by atoms with E-state index in [0.717, 1.165) is 23.1 Å². The number of hydrogen-bond acceptors (Lipinski definition) is 6. The van der Waals surface area contributed by atoms with Crippen LogP contribution in [-0.2, 0) is 5.54 Å². The van der Waals surface area contributed by atoms with Crippen LogP contribution in [0.15, 0.2) is 29.4 Å². The maximum absolute atomic E-state index is 14.7. The van der Waals surface area contributed by atoms with Crippen LogP contribution >= 0.6 is 23.1 Å². The minimum absolute atomic E-state index is 0.0298. The zero-order chi connectivity index (χ0) is 19.9. The first-order valence-corrected chi connectivity index (χ1v) is 9.94. The first-order chi connectivity index (χ1) is 13.5. The normalized spacial score (nSPS) is 27.8. The Kier molecular flexibility index (Phi) is 4.60. The topological polar surface area (TPSA) is 75.1 Å². The summed E-state index contributed by atoms with van der Waals surface area (Å²) in [7, 11) is 0. The third-order valence-electron chi connectivity index (χ3n) is 5.01. The molecule has 9 heteroatoms. The second-order valence-electron chi connectivity index (χ2n) is 6.65. The Morgan fingerprint density at radius 2 is 2.11 bits per heavy atom. The van der Waals surface area contributed by atoms with Crippen LogP contribution < -0.4 is 5.73 Å². The largest absolute Gasteiger partial charge is 0.378 e. The quantitative estimate of drug-likeness (QED) is 0.774. The SMILES string of the molecule is N#Cc1cnc(C#Cc2ccc(F)c([C@@]3(CF)N=C(N)S[C@@]4(CF)C[C@H]43)c2)s1. The standard InChI is InChI=1S/C19H13F3N4S2/c20-9-18-6-15(18)19(10-21,26-17(24)28-18)13-5-11(1-3-14(13)22)2-4-16-25-8-12(7-23)27-16/h1,3,5,8,15H,6,9-10H2,(H2,24,26)/t15-,18-,19-/m1/s1. The predicted molar refractivity (Wildman–Crippen MR) is 103 cm³/mol. The van der Waals surface area contributed by atoms with E-state index in [1.54, 1.807) is 0 Å². The van der Waals surface area contributed by atoms with E-state index in [4.69, 9.17) is 11.0 Å². The molecule has 2 heterocycles. The van der Waals surface area contributed by atoms with Gasteiger partial charge < -0.3 is 5.73 Å². The van der Waals surface area contributed by atoms with Crippen LogP contribution in [0.25, 0.3) is 0 Å². The van der Waals surface area contributed by atoms with Crippen LogP contribution in [0.4, 0.5) is 13.2 Å². The summed E-state index contributed by atoms with van der Waals surface area (Å²) in [4.78, 5) is 8.68. The van der Waals surface area contributed by atoms with Gasteiger partial charge in [-0.2, -0.15) is 5.26 Å². The molecule has 3 atom stereocenters. The fraction of sp³-hybridized carbons (Fsp3) is 0.316. The molecule has 0 amide bonds. The summed E-state index contributed by atoms with van der Waals surface area (Å²) in [6.45, 7) is -1.65. The van der Waals surface area contributed by atoms with Crippen molar-refractivity contribution in [2.45, 2.75) is 16.7 Å². The molecule has 28 heavy (non-hydrogen) atoms. The van der Waals surface area contributed by atoms with Gasteiger partial charge in [0.25, 0.3) is 0 Å². The van der Waals surface area contributed by atoms with Gasteiger partial charge in [-0.25, -0.2) is 23.1 Å². The van der Waals surface area contributed by atoms with Crippen LogP contribution in [0.2, 0.25) is 0 Å². The third kappa shape index (κ3) is 2.95.